The first-order valence-electron chi connectivity index (χ1n) is 7.19. The second-order valence-electron chi connectivity index (χ2n) is 5.43. The van der Waals surface area contributed by atoms with E-state index in [-0.39, 0.29) is 11.6 Å². The van der Waals surface area contributed by atoms with Crippen LogP contribution in [0.5, 0.6) is 0 Å². The molecule has 3 nitrogen and oxygen atoms in total. The van der Waals surface area contributed by atoms with Crippen molar-refractivity contribution >= 4 is 11.6 Å². The lowest BCUT2D eigenvalue weighted by Crippen LogP contribution is -2.20. The number of aromatic nitrogens is 2. The lowest BCUT2D eigenvalue weighted by atomic mass is 10.1. The van der Waals surface area contributed by atoms with Crippen molar-refractivity contribution in [1.29, 1.82) is 0 Å². The fraction of sp³-hybridized carbons (Fsp3) is 0.167. The van der Waals surface area contributed by atoms with Gasteiger partial charge < -0.3 is 0 Å². The van der Waals surface area contributed by atoms with E-state index >= 15 is 0 Å². The molecule has 0 bridgehead atoms. The van der Waals surface area contributed by atoms with Gasteiger partial charge in [0.15, 0.2) is 0 Å². The van der Waals surface area contributed by atoms with E-state index in [9.17, 15) is 4.79 Å². The van der Waals surface area contributed by atoms with Gasteiger partial charge in [-0.2, -0.15) is 0 Å². The summed E-state index contributed by atoms with van der Waals surface area (Å²) in [5.74, 6) is 0. The molecule has 1 N–H and O–H groups in total. The van der Waals surface area contributed by atoms with Crippen LogP contribution in [0.25, 0.3) is 11.3 Å². The third-order valence-corrected chi connectivity index (χ3v) is 4.30. The summed E-state index contributed by atoms with van der Waals surface area (Å²) in [6.45, 7) is 3.94. The van der Waals surface area contributed by atoms with Crippen molar-refractivity contribution in [2.75, 3.05) is 0 Å². The third kappa shape index (κ3) is 2.72. The molecule has 0 spiro atoms. The van der Waals surface area contributed by atoms with Crippen LogP contribution in [-0.2, 0) is 0 Å². The van der Waals surface area contributed by atoms with Crippen LogP contribution in [0.3, 0.4) is 0 Å². The van der Waals surface area contributed by atoms with Gasteiger partial charge in [-0.3, -0.25) is 9.89 Å². The van der Waals surface area contributed by atoms with E-state index in [1.165, 1.54) is 0 Å². The number of H-pyrrole nitrogens is 1. The van der Waals surface area contributed by atoms with Crippen molar-refractivity contribution in [2.24, 2.45) is 0 Å². The van der Waals surface area contributed by atoms with Crippen molar-refractivity contribution in [1.82, 2.24) is 9.78 Å². The number of benzene rings is 2. The highest BCUT2D eigenvalue weighted by molar-refractivity contribution is 6.31. The number of aryl methyl sites for hydroxylation is 1. The average molecular weight is 313 g/mol. The molecule has 0 aliphatic heterocycles. The molecule has 22 heavy (non-hydrogen) atoms. The Morgan fingerprint density at radius 3 is 2.50 bits per heavy atom. The first kappa shape index (κ1) is 14.7. The molecule has 1 unspecified atom stereocenters. The van der Waals surface area contributed by atoms with E-state index in [1.54, 1.807) is 10.7 Å². The van der Waals surface area contributed by atoms with Gasteiger partial charge in [0.05, 0.1) is 11.7 Å². The molecule has 0 aliphatic carbocycles. The number of rotatable bonds is 3. The number of halogens is 1. The van der Waals surface area contributed by atoms with Crippen molar-refractivity contribution in [2.45, 2.75) is 19.9 Å². The zero-order valence-electron chi connectivity index (χ0n) is 12.5. The maximum Gasteiger partial charge on any atom is 0.267 e. The molecule has 0 saturated carbocycles. The van der Waals surface area contributed by atoms with Crippen LogP contribution in [0, 0.1) is 6.92 Å². The van der Waals surface area contributed by atoms with Gasteiger partial charge in [0, 0.05) is 11.1 Å². The summed E-state index contributed by atoms with van der Waals surface area (Å²) in [6, 6.07) is 17.2. The summed E-state index contributed by atoms with van der Waals surface area (Å²) in [5, 5.41) is 3.91. The summed E-state index contributed by atoms with van der Waals surface area (Å²) >= 11 is 6.19. The monoisotopic (exact) mass is 312 g/mol. The Morgan fingerprint density at radius 2 is 1.82 bits per heavy atom. The molecule has 0 saturated heterocycles. The first-order valence-corrected chi connectivity index (χ1v) is 7.57. The van der Waals surface area contributed by atoms with Gasteiger partial charge in [0.25, 0.3) is 5.56 Å². The van der Waals surface area contributed by atoms with Crippen LogP contribution in [0.2, 0.25) is 5.02 Å². The molecule has 4 heteroatoms. The Morgan fingerprint density at radius 1 is 1.09 bits per heavy atom. The van der Waals surface area contributed by atoms with Crippen molar-refractivity contribution in [3.05, 3.63) is 81.1 Å². The minimum atomic E-state index is -0.108. The largest absolute Gasteiger partial charge is 0.294 e. The molecule has 0 amide bonds. The van der Waals surface area contributed by atoms with E-state index in [1.807, 2.05) is 62.4 Å². The fourth-order valence-electron chi connectivity index (χ4n) is 2.48. The highest BCUT2D eigenvalue weighted by Crippen LogP contribution is 2.23. The molecular weight excluding hydrogens is 296 g/mol. The summed E-state index contributed by atoms with van der Waals surface area (Å²) in [5.41, 5.74) is 3.78. The highest BCUT2D eigenvalue weighted by atomic mass is 35.5. The first-order chi connectivity index (χ1) is 10.6. The smallest absolute Gasteiger partial charge is 0.267 e. The molecule has 0 fully saturated rings. The van der Waals surface area contributed by atoms with E-state index in [4.69, 9.17) is 11.6 Å². The van der Waals surface area contributed by atoms with Crippen LogP contribution in [-0.4, -0.2) is 9.78 Å². The molecular formula is C18H17ClN2O. The van der Waals surface area contributed by atoms with Gasteiger partial charge in [-0.05, 0) is 36.6 Å². The van der Waals surface area contributed by atoms with Crippen molar-refractivity contribution in [3.8, 4) is 11.3 Å². The van der Waals surface area contributed by atoms with Crippen LogP contribution in [0.4, 0.5) is 0 Å². The molecule has 0 aliphatic rings. The van der Waals surface area contributed by atoms with Crippen molar-refractivity contribution < 1.29 is 0 Å². The second kappa shape index (κ2) is 5.85. The zero-order chi connectivity index (χ0) is 15.7. The summed E-state index contributed by atoms with van der Waals surface area (Å²) < 4.78 is 1.63. The van der Waals surface area contributed by atoms with Crippen LogP contribution < -0.4 is 5.56 Å². The Kier molecular flexibility index (Phi) is 3.90. The summed E-state index contributed by atoms with van der Waals surface area (Å²) in [6.07, 6.45) is 0. The van der Waals surface area contributed by atoms with Crippen LogP contribution >= 0.6 is 11.6 Å². The van der Waals surface area contributed by atoms with Gasteiger partial charge in [-0.1, -0.05) is 54.1 Å². The van der Waals surface area contributed by atoms with E-state index in [0.29, 0.717) is 5.02 Å². The number of nitrogens with one attached hydrogen (secondary N) is 1. The third-order valence-electron chi connectivity index (χ3n) is 3.90. The molecule has 1 heterocycles. The molecule has 3 rings (SSSR count). The SMILES string of the molecule is Cc1ccc(C(C)n2[nH]c(-c3ccccc3)cc2=O)cc1Cl. The Labute approximate surface area is 134 Å². The second-order valence-corrected chi connectivity index (χ2v) is 5.84. The zero-order valence-corrected chi connectivity index (χ0v) is 13.3. The quantitative estimate of drug-likeness (QED) is 0.764. The number of nitrogens with zero attached hydrogens (tertiary/aromatic N) is 1. The Hall–Kier alpha value is -2.26. The number of hydrogen-bond donors (Lipinski definition) is 1. The van der Waals surface area contributed by atoms with E-state index in [0.717, 1.165) is 22.4 Å². The maximum absolute atomic E-state index is 12.3. The topological polar surface area (TPSA) is 37.8 Å². The molecule has 3 aromatic rings. The molecule has 1 atom stereocenters. The van der Waals surface area contributed by atoms with Gasteiger partial charge in [-0.25, -0.2) is 4.68 Å². The Balaban J connectivity index is 2.00. The maximum atomic E-state index is 12.3. The van der Waals surface area contributed by atoms with Gasteiger partial charge in [-0.15, -0.1) is 0 Å². The van der Waals surface area contributed by atoms with Gasteiger partial charge in [0.2, 0.25) is 0 Å². The van der Waals surface area contributed by atoms with E-state index < -0.39 is 0 Å². The molecule has 112 valence electrons. The molecule has 1 aromatic heterocycles. The normalized spacial score (nSPS) is 12.3. The van der Waals surface area contributed by atoms with Crippen LogP contribution in [0.15, 0.2) is 59.4 Å². The average Bonchev–Trinajstić information content (AvgIpc) is 2.92. The van der Waals surface area contributed by atoms with Gasteiger partial charge >= 0.3 is 0 Å². The highest BCUT2D eigenvalue weighted by Gasteiger charge is 2.13. The molecule has 0 radical (unpaired) electrons. The lowest BCUT2D eigenvalue weighted by Gasteiger charge is -2.14. The predicted octanol–water partition coefficient (Wildman–Crippen LogP) is 4.41. The standard InChI is InChI=1S/C18H17ClN2O/c1-12-8-9-15(10-16(12)19)13(2)21-18(22)11-17(20-21)14-6-4-3-5-7-14/h3-11,13,20H,1-2H3. The van der Waals surface area contributed by atoms with E-state index in [2.05, 4.69) is 5.10 Å². The lowest BCUT2D eigenvalue weighted by molar-refractivity contribution is 0.549. The number of aromatic amines is 1. The Bertz CT molecular complexity index is 849. The minimum absolute atomic E-state index is 0.0527. The van der Waals surface area contributed by atoms with Crippen LogP contribution in [0.1, 0.15) is 24.1 Å². The van der Waals surface area contributed by atoms with Gasteiger partial charge in [0.1, 0.15) is 0 Å². The van der Waals surface area contributed by atoms with Crippen molar-refractivity contribution in [3.63, 3.8) is 0 Å². The fourth-order valence-corrected chi connectivity index (χ4v) is 2.67. The molecule has 2 aromatic carbocycles. The predicted molar refractivity (Wildman–Crippen MR) is 90.5 cm³/mol. The number of hydrogen-bond acceptors (Lipinski definition) is 1. The summed E-state index contributed by atoms with van der Waals surface area (Å²) in [7, 11) is 0. The summed E-state index contributed by atoms with van der Waals surface area (Å²) in [4.78, 5) is 12.3. The minimum Gasteiger partial charge on any atom is -0.294 e.